The van der Waals surface area contributed by atoms with Gasteiger partial charge in [0.15, 0.2) is 0 Å². The molecule has 0 aliphatic carbocycles. The molecule has 0 spiro atoms. The zero-order chi connectivity index (χ0) is 10.3. The van der Waals surface area contributed by atoms with E-state index in [1.165, 1.54) is 0 Å². The average molecular weight is 221 g/mol. The number of alkyl halides is 1. The second-order valence-corrected chi connectivity index (χ2v) is 3.01. The third-order valence-corrected chi connectivity index (χ3v) is 1.89. The number of phenols is 1. The number of hydrogen-bond acceptors (Lipinski definition) is 2. The van der Waals surface area contributed by atoms with Crippen molar-refractivity contribution >= 4 is 30.0 Å². The van der Waals surface area contributed by atoms with E-state index >= 15 is 0 Å². The maximum absolute atomic E-state index is 9.05. The van der Waals surface area contributed by atoms with Gasteiger partial charge in [0, 0.05) is 5.88 Å². The number of phenolic OH excluding ortho intramolecular Hbond substituents is 1. The molecule has 0 amide bonds. The first-order valence-corrected chi connectivity index (χ1v) is 4.47. The fourth-order valence-corrected chi connectivity index (χ4v) is 1.24. The van der Waals surface area contributed by atoms with E-state index in [1.807, 2.05) is 12.9 Å². The molecule has 0 aromatic heterocycles. The first-order chi connectivity index (χ1) is 6.24. The van der Waals surface area contributed by atoms with Crippen molar-refractivity contribution in [2.24, 2.45) is 0 Å². The van der Waals surface area contributed by atoms with Crippen LogP contribution >= 0.6 is 23.2 Å². The van der Waals surface area contributed by atoms with Crippen molar-refractivity contribution in [1.29, 1.82) is 0 Å². The van der Waals surface area contributed by atoms with Crippen LogP contribution < -0.4 is 0 Å². The van der Waals surface area contributed by atoms with E-state index in [9.17, 15) is 0 Å². The average Bonchev–Trinajstić information content (AvgIpc) is 2.15. The van der Waals surface area contributed by atoms with Crippen molar-refractivity contribution in [3.05, 3.63) is 28.8 Å². The lowest BCUT2D eigenvalue weighted by Crippen LogP contribution is -1.84. The third kappa shape index (κ3) is 4.15. The molecule has 0 radical (unpaired) electrons. The number of aromatic hydroxyl groups is 1. The van der Waals surface area contributed by atoms with Crippen LogP contribution in [0.1, 0.15) is 5.56 Å². The molecule has 0 aliphatic rings. The zero-order valence-corrected chi connectivity index (χ0v) is 8.48. The third-order valence-electron chi connectivity index (χ3n) is 1.40. The highest BCUT2D eigenvalue weighted by atomic mass is 35.5. The Bertz CT molecular complexity index is 264. The maximum atomic E-state index is 9.05. The molecule has 0 atom stereocenters. The van der Waals surface area contributed by atoms with E-state index in [2.05, 4.69) is 0 Å². The maximum Gasteiger partial charge on any atom is 0.134 e. The standard InChI is InChI=1S/C8H8Cl2O.CH2O/c9-4-3-6-1-2-8(11)7(10)5-6;1-2/h1-2,5,11H,3-4H2;1H2. The molecule has 0 bridgehead atoms. The summed E-state index contributed by atoms with van der Waals surface area (Å²) in [5.74, 6) is 0.686. The van der Waals surface area contributed by atoms with E-state index in [4.69, 9.17) is 33.1 Å². The molecule has 0 saturated heterocycles. The normalized spacial score (nSPS) is 8.77. The van der Waals surface area contributed by atoms with E-state index in [1.54, 1.807) is 12.1 Å². The van der Waals surface area contributed by atoms with E-state index in [0.717, 1.165) is 12.0 Å². The van der Waals surface area contributed by atoms with Crippen molar-refractivity contribution < 1.29 is 9.90 Å². The lowest BCUT2D eigenvalue weighted by molar-refractivity contribution is -0.0979. The van der Waals surface area contributed by atoms with E-state index in [0.29, 0.717) is 10.9 Å². The predicted octanol–water partition coefficient (Wildman–Crippen LogP) is 2.64. The second-order valence-electron chi connectivity index (χ2n) is 2.22. The highest BCUT2D eigenvalue weighted by molar-refractivity contribution is 6.32. The van der Waals surface area contributed by atoms with Gasteiger partial charge in [0.25, 0.3) is 0 Å². The topological polar surface area (TPSA) is 37.3 Å². The smallest absolute Gasteiger partial charge is 0.134 e. The summed E-state index contributed by atoms with van der Waals surface area (Å²) in [4.78, 5) is 8.00. The van der Waals surface area contributed by atoms with Gasteiger partial charge in [-0.3, -0.25) is 0 Å². The number of halogens is 2. The summed E-state index contributed by atoms with van der Waals surface area (Å²) in [5, 5.41) is 9.43. The lowest BCUT2D eigenvalue weighted by atomic mass is 10.2. The summed E-state index contributed by atoms with van der Waals surface area (Å²) < 4.78 is 0. The van der Waals surface area contributed by atoms with Crippen LogP contribution in [-0.4, -0.2) is 17.8 Å². The van der Waals surface area contributed by atoms with Crippen LogP contribution in [-0.2, 0) is 11.2 Å². The van der Waals surface area contributed by atoms with Crippen LogP contribution in [0.25, 0.3) is 0 Å². The van der Waals surface area contributed by atoms with Crippen LogP contribution in [0.3, 0.4) is 0 Å². The highest BCUT2D eigenvalue weighted by Crippen LogP contribution is 2.23. The molecule has 13 heavy (non-hydrogen) atoms. The van der Waals surface area contributed by atoms with Gasteiger partial charge in [-0.15, -0.1) is 11.6 Å². The molecule has 1 aromatic rings. The van der Waals surface area contributed by atoms with Crippen molar-refractivity contribution in [3.63, 3.8) is 0 Å². The minimum absolute atomic E-state index is 0.116. The molecule has 72 valence electrons. The molecule has 4 heteroatoms. The number of carbonyl (C=O) groups excluding carboxylic acids is 1. The summed E-state index contributed by atoms with van der Waals surface area (Å²) in [7, 11) is 0. The molecular formula is C9H10Cl2O2. The second kappa shape index (κ2) is 6.75. The minimum atomic E-state index is 0.116. The summed E-state index contributed by atoms with van der Waals surface area (Å²) in [6.07, 6.45) is 0.779. The van der Waals surface area contributed by atoms with Gasteiger partial charge in [-0.2, -0.15) is 0 Å². The quantitative estimate of drug-likeness (QED) is 0.779. The summed E-state index contributed by atoms with van der Waals surface area (Å²) in [6.45, 7) is 2.00. The Morgan fingerprint density at radius 3 is 2.46 bits per heavy atom. The fraction of sp³-hybridized carbons (Fsp3) is 0.222. The Morgan fingerprint density at radius 1 is 1.38 bits per heavy atom. The summed E-state index contributed by atoms with van der Waals surface area (Å²) in [5.41, 5.74) is 1.04. The van der Waals surface area contributed by atoms with Gasteiger partial charge in [0.2, 0.25) is 0 Å². The molecule has 0 aliphatic heterocycles. The number of rotatable bonds is 2. The SMILES string of the molecule is C=O.Oc1ccc(CCCl)cc1Cl. The Morgan fingerprint density at radius 2 is 2.00 bits per heavy atom. The Labute approximate surface area is 87.1 Å². The van der Waals surface area contributed by atoms with Crippen LogP contribution in [0.15, 0.2) is 18.2 Å². The molecule has 1 N–H and O–H groups in total. The van der Waals surface area contributed by atoms with Crippen LogP contribution in [0, 0.1) is 0 Å². The molecular weight excluding hydrogens is 211 g/mol. The van der Waals surface area contributed by atoms with Crippen molar-refractivity contribution in [2.75, 3.05) is 5.88 Å². The Kier molecular flexibility index (Phi) is 6.37. The van der Waals surface area contributed by atoms with Crippen molar-refractivity contribution in [3.8, 4) is 5.75 Å². The Balaban J connectivity index is 0.000000671. The van der Waals surface area contributed by atoms with Crippen molar-refractivity contribution in [1.82, 2.24) is 0 Å². The van der Waals surface area contributed by atoms with Gasteiger partial charge >= 0.3 is 0 Å². The lowest BCUT2D eigenvalue weighted by Gasteiger charge is -1.99. The largest absolute Gasteiger partial charge is 0.506 e. The molecule has 0 unspecified atom stereocenters. The first kappa shape index (κ1) is 12.3. The molecule has 1 rings (SSSR count). The van der Waals surface area contributed by atoms with Crippen molar-refractivity contribution in [2.45, 2.75) is 6.42 Å². The number of hydrogen-bond donors (Lipinski definition) is 1. The number of aryl methyl sites for hydroxylation is 1. The predicted molar refractivity (Wildman–Crippen MR) is 54.7 cm³/mol. The van der Waals surface area contributed by atoms with Gasteiger partial charge in [-0.1, -0.05) is 17.7 Å². The zero-order valence-electron chi connectivity index (χ0n) is 6.96. The fourth-order valence-electron chi connectivity index (χ4n) is 0.815. The summed E-state index contributed by atoms with van der Waals surface area (Å²) >= 11 is 11.2. The van der Waals surface area contributed by atoms with Crippen LogP contribution in [0.2, 0.25) is 5.02 Å². The van der Waals surface area contributed by atoms with Gasteiger partial charge in [0.1, 0.15) is 12.5 Å². The van der Waals surface area contributed by atoms with E-state index < -0.39 is 0 Å². The number of carbonyl (C=O) groups is 1. The molecule has 1 aromatic carbocycles. The van der Waals surface area contributed by atoms with Crippen LogP contribution in [0.5, 0.6) is 5.75 Å². The van der Waals surface area contributed by atoms with E-state index in [-0.39, 0.29) is 5.75 Å². The Hall–Kier alpha value is -0.730. The first-order valence-electron chi connectivity index (χ1n) is 3.56. The molecule has 0 heterocycles. The monoisotopic (exact) mass is 220 g/mol. The molecule has 2 nitrogen and oxygen atoms in total. The molecule has 0 saturated carbocycles. The molecule has 0 fully saturated rings. The minimum Gasteiger partial charge on any atom is -0.506 e. The van der Waals surface area contributed by atoms with Gasteiger partial charge in [-0.05, 0) is 24.1 Å². The summed E-state index contributed by atoms with van der Waals surface area (Å²) in [6, 6.07) is 5.10. The van der Waals surface area contributed by atoms with Gasteiger partial charge in [0.05, 0.1) is 5.02 Å². The number of benzene rings is 1. The van der Waals surface area contributed by atoms with Gasteiger partial charge < -0.3 is 9.90 Å². The van der Waals surface area contributed by atoms with Crippen LogP contribution in [0.4, 0.5) is 0 Å². The van der Waals surface area contributed by atoms with Gasteiger partial charge in [-0.25, -0.2) is 0 Å². The highest BCUT2D eigenvalue weighted by Gasteiger charge is 1.98.